The number of carbonyl (C=O) groups is 1. The minimum absolute atomic E-state index is 0.299. The Labute approximate surface area is 125 Å². The molecule has 0 aromatic heterocycles. The number of nitrogens with two attached hydrogens (primary N) is 2. The first-order valence-electron chi connectivity index (χ1n) is 5.81. The number of ether oxygens (including phenoxy) is 1. The zero-order chi connectivity index (χ0) is 14.7. The lowest BCUT2D eigenvalue weighted by Gasteiger charge is -2.10. The van der Waals surface area contributed by atoms with Crippen molar-refractivity contribution in [1.82, 2.24) is 0 Å². The fourth-order valence-electron chi connectivity index (χ4n) is 1.72. The number of methoxy groups -OCH3 is 1. The molecule has 0 bridgehead atoms. The van der Waals surface area contributed by atoms with Crippen LogP contribution in [0, 0.1) is 0 Å². The van der Waals surface area contributed by atoms with Crippen LogP contribution in [-0.4, -0.2) is 13.0 Å². The van der Waals surface area contributed by atoms with E-state index in [0.717, 1.165) is 4.47 Å². The number of anilines is 3. The summed E-state index contributed by atoms with van der Waals surface area (Å²) in [6, 6.07) is 10.1. The van der Waals surface area contributed by atoms with Crippen LogP contribution in [0.25, 0.3) is 0 Å². The summed E-state index contributed by atoms with van der Waals surface area (Å²) in [4.78, 5) is 12.1. The van der Waals surface area contributed by atoms with Gasteiger partial charge in [-0.2, -0.15) is 0 Å². The van der Waals surface area contributed by atoms with Gasteiger partial charge in [-0.1, -0.05) is 0 Å². The fraction of sp³-hybridized carbons (Fsp3) is 0.0714. The van der Waals surface area contributed by atoms with Gasteiger partial charge in [-0.25, -0.2) is 0 Å². The van der Waals surface area contributed by atoms with E-state index in [2.05, 4.69) is 21.2 Å². The fourth-order valence-corrected chi connectivity index (χ4v) is 2.13. The van der Waals surface area contributed by atoms with Gasteiger partial charge in [0.2, 0.25) is 0 Å². The van der Waals surface area contributed by atoms with Crippen molar-refractivity contribution in [2.24, 2.45) is 0 Å². The second-order valence-corrected chi connectivity index (χ2v) is 5.00. The molecule has 5 nitrogen and oxygen atoms in total. The Hall–Kier alpha value is -2.21. The second kappa shape index (κ2) is 5.83. The average molecular weight is 336 g/mol. The highest BCUT2D eigenvalue weighted by molar-refractivity contribution is 9.10. The van der Waals surface area contributed by atoms with Gasteiger partial charge in [0, 0.05) is 23.1 Å². The zero-order valence-corrected chi connectivity index (χ0v) is 12.4. The van der Waals surface area contributed by atoms with Crippen LogP contribution in [0.2, 0.25) is 0 Å². The second-order valence-electron chi connectivity index (χ2n) is 4.15. The molecular weight excluding hydrogens is 322 g/mol. The highest BCUT2D eigenvalue weighted by Gasteiger charge is 2.11. The molecule has 0 unspecified atom stereocenters. The molecule has 0 radical (unpaired) electrons. The van der Waals surface area contributed by atoms with E-state index in [0.29, 0.717) is 28.4 Å². The number of carbonyl (C=O) groups excluding carboxylic acids is 1. The number of nitrogens with one attached hydrogen (secondary N) is 1. The SMILES string of the molecule is COc1cc(NC(=O)c2ccc(N)cc2N)ccc1Br. The van der Waals surface area contributed by atoms with Gasteiger partial charge < -0.3 is 21.5 Å². The molecule has 0 saturated heterocycles. The first-order valence-corrected chi connectivity index (χ1v) is 6.60. The third-order valence-electron chi connectivity index (χ3n) is 2.73. The Morgan fingerprint density at radius 3 is 2.60 bits per heavy atom. The van der Waals surface area contributed by atoms with E-state index < -0.39 is 0 Å². The normalized spacial score (nSPS) is 10.1. The summed E-state index contributed by atoms with van der Waals surface area (Å²) in [7, 11) is 1.56. The largest absolute Gasteiger partial charge is 0.495 e. The quantitative estimate of drug-likeness (QED) is 0.752. The minimum Gasteiger partial charge on any atom is -0.495 e. The van der Waals surface area contributed by atoms with Gasteiger partial charge in [-0.05, 0) is 46.3 Å². The summed E-state index contributed by atoms with van der Waals surface area (Å²) in [5.74, 6) is 0.333. The van der Waals surface area contributed by atoms with Crippen LogP contribution in [0.5, 0.6) is 5.75 Å². The maximum Gasteiger partial charge on any atom is 0.257 e. The van der Waals surface area contributed by atoms with E-state index in [4.69, 9.17) is 16.2 Å². The predicted octanol–water partition coefficient (Wildman–Crippen LogP) is 2.87. The van der Waals surface area contributed by atoms with Gasteiger partial charge in [-0.3, -0.25) is 4.79 Å². The number of nitrogen functional groups attached to an aromatic ring is 2. The Morgan fingerprint density at radius 1 is 1.20 bits per heavy atom. The maximum absolute atomic E-state index is 12.1. The van der Waals surface area contributed by atoms with Crippen LogP contribution in [-0.2, 0) is 0 Å². The predicted molar refractivity (Wildman–Crippen MR) is 83.9 cm³/mol. The molecule has 0 spiro atoms. The number of hydrogen-bond donors (Lipinski definition) is 3. The summed E-state index contributed by atoms with van der Waals surface area (Å²) in [5, 5.41) is 2.76. The van der Waals surface area contributed by atoms with Gasteiger partial charge in [0.15, 0.2) is 0 Å². The average Bonchev–Trinajstić information content (AvgIpc) is 2.40. The first kappa shape index (κ1) is 14.2. The first-order chi connectivity index (χ1) is 9.51. The standard InChI is InChI=1S/C14H14BrN3O2/c1-20-13-7-9(3-5-11(13)15)18-14(19)10-4-2-8(16)6-12(10)17/h2-7H,16-17H2,1H3,(H,18,19). The van der Waals surface area contributed by atoms with Crippen LogP contribution >= 0.6 is 15.9 Å². The summed E-state index contributed by atoms with van der Waals surface area (Å²) < 4.78 is 5.98. The molecule has 0 saturated carbocycles. The van der Waals surface area contributed by atoms with Crippen LogP contribution in [0.3, 0.4) is 0 Å². The molecular formula is C14H14BrN3O2. The van der Waals surface area contributed by atoms with E-state index in [-0.39, 0.29) is 5.91 Å². The zero-order valence-electron chi connectivity index (χ0n) is 10.8. The van der Waals surface area contributed by atoms with Crippen molar-refractivity contribution in [3.05, 3.63) is 46.4 Å². The maximum atomic E-state index is 12.1. The van der Waals surface area contributed by atoms with E-state index in [1.54, 1.807) is 43.5 Å². The molecule has 2 aromatic rings. The van der Waals surface area contributed by atoms with Crippen LogP contribution in [0.4, 0.5) is 17.1 Å². The van der Waals surface area contributed by atoms with Crippen molar-refractivity contribution >= 4 is 38.9 Å². The van der Waals surface area contributed by atoms with Crippen molar-refractivity contribution in [2.45, 2.75) is 0 Å². The summed E-state index contributed by atoms with van der Waals surface area (Å²) in [6.45, 7) is 0. The molecule has 2 aromatic carbocycles. The van der Waals surface area contributed by atoms with Gasteiger partial charge in [0.05, 0.1) is 17.1 Å². The molecule has 5 N–H and O–H groups in total. The number of halogens is 1. The van der Waals surface area contributed by atoms with Crippen molar-refractivity contribution in [1.29, 1.82) is 0 Å². The number of amides is 1. The number of hydrogen-bond acceptors (Lipinski definition) is 4. The highest BCUT2D eigenvalue weighted by atomic mass is 79.9. The molecule has 0 heterocycles. The Balaban J connectivity index is 2.23. The lowest BCUT2D eigenvalue weighted by Crippen LogP contribution is -2.14. The van der Waals surface area contributed by atoms with Crippen LogP contribution in [0.1, 0.15) is 10.4 Å². The molecule has 20 heavy (non-hydrogen) atoms. The molecule has 0 aliphatic rings. The molecule has 0 aliphatic heterocycles. The van der Waals surface area contributed by atoms with Gasteiger partial charge in [-0.15, -0.1) is 0 Å². The lowest BCUT2D eigenvalue weighted by atomic mass is 10.1. The number of rotatable bonds is 3. The monoisotopic (exact) mass is 335 g/mol. The van der Waals surface area contributed by atoms with E-state index >= 15 is 0 Å². The van der Waals surface area contributed by atoms with Crippen molar-refractivity contribution in [3.8, 4) is 5.75 Å². The molecule has 0 fully saturated rings. The minimum atomic E-state index is -0.299. The summed E-state index contributed by atoms with van der Waals surface area (Å²) in [5.41, 5.74) is 13.2. The molecule has 2 rings (SSSR count). The third-order valence-corrected chi connectivity index (χ3v) is 3.38. The summed E-state index contributed by atoms with van der Waals surface area (Å²) in [6.07, 6.45) is 0. The van der Waals surface area contributed by atoms with Crippen LogP contribution in [0.15, 0.2) is 40.9 Å². The lowest BCUT2D eigenvalue weighted by molar-refractivity contribution is 0.102. The molecule has 104 valence electrons. The Kier molecular flexibility index (Phi) is 4.14. The molecule has 6 heteroatoms. The number of benzene rings is 2. The summed E-state index contributed by atoms with van der Waals surface area (Å²) >= 11 is 3.35. The van der Waals surface area contributed by atoms with Gasteiger partial charge in [0.1, 0.15) is 5.75 Å². The highest BCUT2D eigenvalue weighted by Crippen LogP contribution is 2.28. The van der Waals surface area contributed by atoms with Crippen LogP contribution < -0.4 is 21.5 Å². The van der Waals surface area contributed by atoms with Crippen molar-refractivity contribution < 1.29 is 9.53 Å². The van der Waals surface area contributed by atoms with Gasteiger partial charge >= 0.3 is 0 Å². The van der Waals surface area contributed by atoms with E-state index in [9.17, 15) is 4.79 Å². The molecule has 1 amide bonds. The van der Waals surface area contributed by atoms with Crippen molar-refractivity contribution in [2.75, 3.05) is 23.9 Å². The van der Waals surface area contributed by atoms with E-state index in [1.807, 2.05) is 0 Å². The Morgan fingerprint density at radius 2 is 1.95 bits per heavy atom. The Bertz CT molecular complexity index is 659. The molecule has 0 aliphatic carbocycles. The topological polar surface area (TPSA) is 90.4 Å². The van der Waals surface area contributed by atoms with Gasteiger partial charge in [0.25, 0.3) is 5.91 Å². The smallest absolute Gasteiger partial charge is 0.257 e. The molecule has 0 atom stereocenters. The third kappa shape index (κ3) is 3.03. The van der Waals surface area contributed by atoms with E-state index in [1.165, 1.54) is 0 Å². The van der Waals surface area contributed by atoms with Crippen molar-refractivity contribution in [3.63, 3.8) is 0 Å².